The fourth-order valence-corrected chi connectivity index (χ4v) is 7.85. The van der Waals surface area contributed by atoms with Crippen LogP contribution in [0.1, 0.15) is 71.2 Å². The standard InChI is InChI=1S/C32H46N5O18P3/c33-37-35-18-8-6-12-23(36-31(42)22-15-13-21(14-16-22)24(38)20-10-4-3-5-11-20)32(43)34-17-7-1-2-9-19-52-58(50,51)55-28-25(39)26(40)29(53-56(44,45)46)30(27(28)41)54-57(47,48)49/h3-5,10-11,13-16,23,25-30,39-41H,1-2,6-9,12,17-19H2,(H,34,43)(H,36,42)(H,50,51)(H2,44,45,46)(H2,47,48,49)/t23-,25+,26-,27-,28+,29+,30+/m0/s1. The minimum Gasteiger partial charge on any atom is -0.387 e. The van der Waals surface area contributed by atoms with Crippen LogP contribution in [0.4, 0.5) is 0 Å². The van der Waals surface area contributed by atoms with Gasteiger partial charge in [-0.05, 0) is 43.3 Å². The third-order valence-electron chi connectivity index (χ3n) is 8.55. The van der Waals surface area contributed by atoms with Crippen molar-refractivity contribution >= 4 is 41.1 Å². The summed E-state index contributed by atoms with van der Waals surface area (Å²) < 4.78 is 53.5. The summed E-state index contributed by atoms with van der Waals surface area (Å²) >= 11 is 0. The number of carbonyl (C=O) groups excluding carboxylic acids is 3. The molecule has 0 aliphatic heterocycles. The van der Waals surface area contributed by atoms with E-state index in [0.717, 1.165) is 0 Å². The zero-order valence-electron chi connectivity index (χ0n) is 30.7. The number of carbonyl (C=O) groups is 3. The maximum absolute atomic E-state index is 13.1. The highest BCUT2D eigenvalue weighted by molar-refractivity contribution is 7.47. The van der Waals surface area contributed by atoms with Gasteiger partial charge in [-0.15, -0.1) is 0 Å². The first-order valence-electron chi connectivity index (χ1n) is 17.7. The van der Waals surface area contributed by atoms with Gasteiger partial charge in [0.15, 0.2) is 5.78 Å². The Balaban J connectivity index is 1.47. The number of rotatable bonds is 24. The normalized spacial score (nSPS) is 22.6. The van der Waals surface area contributed by atoms with Crippen LogP contribution in [0.3, 0.4) is 0 Å². The van der Waals surface area contributed by atoms with Crippen LogP contribution < -0.4 is 10.6 Å². The Labute approximate surface area is 331 Å². The van der Waals surface area contributed by atoms with E-state index < -0.39 is 84.6 Å². The van der Waals surface area contributed by atoms with E-state index in [1.807, 2.05) is 0 Å². The molecule has 2 aromatic carbocycles. The van der Waals surface area contributed by atoms with Crippen molar-refractivity contribution in [1.82, 2.24) is 10.6 Å². The lowest BCUT2D eigenvalue weighted by molar-refractivity contribution is -0.212. The van der Waals surface area contributed by atoms with Crippen LogP contribution in [-0.2, 0) is 36.6 Å². The second kappa shape index (κ2) is 22.8. The average molecular weight is 882 g/mol. The maximum Gasteiger partial charge on any atom is 0.472 e. The van der Waals surface area contributed by atoms with E-state index in [0.29, 0.717) is 43.2 Å². The van der Waals surface area contributed by atoms with Gasteiger partial charge in [-0.3, -0.25) is 32.5 Å². The Morgan fingerprint density at radius 2 is 1.26 bits per heavy atom. The fraction of sp³-hybridized carbons (Fsp3) is 0.531. The van der Waals surface area contributed by atoms with Crippen LogP contribution in [0.25, 0.3) is 10.4 Å². The van der Waals surface area contributed by atoms with Gasteiger partial charge in [-0.2, -0.15) is 0 Å². The van der Waals surface area contributed by atoms with Gasteiger partial charge in [0, 0.05) is 34.7 Å². The molecule has 1 fully saturated rings. The molecular formula is C32H46N5O18P3. The SMILES string of the molecule is [N-]=[N+]=NCCCC[C@H](NC(=O)c1ccc(C(=O)c2ccccc2)cc1)C(=O)NCCCCCCOP(=O)(O)O[C@@H]1[C@H](O)[C@H](O)[C@@H](OP(=O)(O)O)[C@H](OP(=O)(O)O)[C@H]1O. The van der Waals surface area contributed by atoms with Crippen molar-refractivity contribution in [3.05, 3.63) is 81.7 Å². The Hall–Kier alpha value is -3.43. The number of nitrogens with zero attached hydrogens (tertiary/aromatic N) is 3. The molecule has 2 amide bonds. The highest BCUT2D eigenvalue weighted by Crippen LogP contribution is 2.51. The highest BCUT2D eigenvalue weighted by atomic mass is 31.2. The predicted octanol–water partition coefficient (Wildman–Crippen LogP) is 1.73. The highest BCUT2D eigenvalue weighted by Gasteiger charge is 2.56. The molecule has 0 heterocycles. The van der Waals surface area contributed by atoms with E-state index in [2.05, 4.69) is 29.7 Å². The molecule has 23 nitrogen and oxygen atoms in total. The second-order valence-electron chi connectivity index (χ2n) is 12.9. The van der Waals surface area contributed by atoms with Crippen molar-refractivity contribution < 1.29 is 86.0 Å². The molecular weight excluding hydrogens is 835 g/mol. The van der Waals surface area contributed by atoms with Crippen molar-refractivity contribution in [3.8, 4) is 0 Å². The van der Waals surface area contributed by atoms with Crippen molar-refractivity contribution in [2.45, 2.75) is 87.6 Å². The Morgan fingerprint density at radius 1 is 0.707 bits per heavy atom. The number of phosphoric ester groups is 3. The number of unbranched alkanes of at least 4 members (excludes halogenated alkanes) is 4. The second-order valence-corrected chi connectivity index (χ2v) is 16.7. The summed E-state index contributed by atoms with van der Waals surface area (Å²) in [7, 11) is -16.2. The van der Waals surface area contributed by atoms with Crippen molar-refractivity contribution in [3.63, 3.8) is 0 Å². The molecule has 2 aromatic rings. The quantitative estimate of drug-likeness (QED) is 0.0179. The smallest absolute Gasteiger partial charge is 0.387 e. The van der Waals surface area contributed by atoms with Crippen LogP contribution in [0.5, 0.6) is 0 Å². The molecule has 8 atom stereocenters. The monoisotopic (exact) mass is 881 g/mol. The number of nitrogens with one attached hydrogen (secondary N) is 2. The number of hydrogen-bond acceptors (Lipinski definition) is 14. The zero-order valence-corrected chi connectivity index (χ0v) is 33.3. The summed E-state index contributed by atoms with van der Waals surface area (Å²) in [6.45, 7) is -0.0241. The number of amides is 2. The van der Waals surface area contributed by atoms with Crippen LogP contribution >= 0.6 is 23.5 Å². The summed E-state index contributed by atoms with van der Waals surface area (Å²) in [5.41, 5.74) is 9.60. The molecule has 0 spiro atoms. The number of hydrogen-bond donors (Lipinski definition) is 10. The predicted molar refractivity (Wildman–Crippen MR) is 199 cm³/mol. The number of aliphatic hydroxyl groups excluding tert-OH is 3. The van der Waals surface area contributed by atoms with Gasteiger partial charge in [0.25, 0.3) is 5.91 Å². The molecule has 1 aliphatic rings. The Bertz CT molecular complexity index is 1860. The molecule has 322 valence electrons. The van der Waals surface area contributed by atoms with Crippen molar-refractivity contribution in [2.75, 3.05) is 19.7 Å². The number of benzene rings is 2. The van der Waals surface area contributed by atoms with Gasteiger partial charge in [0.1, 0.15) is 42.7 Å². The van der Waals surface area contributed by atoms with Gasteiger partial charge in [-0.1, -0.05) is 66.8 Å². The van der Waals surface area contributed by atoms with E-state index >= 15 is 0 Å². The van der Waals surface area contributed by atoms with E-state index in [4.69, 9.17) is 24.4 Å². The summed E-state index contributed by atoms with van der Waals surface area (Å²) in [4.78, 5) is 88.3. The molecule has 0 aromatic heterocycles. The first-order chi connectivity index (χ1) is 27.2. The third-order valence-corrected chi connectivity index (χ3v) is 10.6. The summed E-state index contributed by atoms with van der Waals surface area (Å²) in [5, 5.41) is 40.1. The van der Waals surface area contributed by atoms with E-state index in [-0.39, 0.29) is 37.3 Å². The number of ketones is 1. The fourth-order valence-electron chi connectivity index (χ4n) is 5.75. The lowest BCUT2D eigenvalue weighted by Gasteiger charge is -2.44. The molecule has 1 aliphatic carbocycles. The van der Waals surface area contributed by atoms with Crippen molar-refractivity contribution in [2.24, 2.45) is 5.11 Å². The van der Waals surface area contributed by atoms with Crippen LogP contribution in [-0.4, -0.2) is 120 Å². The molecule has 58 heavy (non-hydrogen) atoms. The topological polar surface area (TPSA) is 374 Å². The van der Waals surface area contributed by atoms with Gasteiger partial charge in [-0.25, -0.2) is 13.7 Å². The molecule has 10 N–H and O–H groups in total. The Kier molecular flexibility index (Phi) is 19.2. The lowest BCUT2D eigenvalue weighted by atomic mass is 9.85. The minimum atomic E-state index is -5.55. The minimum absolute atomic E-state index is 0.155. The molecule has 26 heteroatoms. The molecule has 3 rings (SSSR count). The van der Waals surface area contributed by atoms with Crippen LogP contribution in [0, 0.1) is 0 Å². The summed E-state index contributed by atoms with van der Waals surface area (Å²) in [5.74, 6) is -1.24. The van der Waals surface area contributed by atoms with Gasteiger partial charge >= 0.3 is 23.5 Å². The van der Waals surface area contributed by atoms with E-state index in [1.165, 1.54) is 24.3 Å². The molecule has 1 unspecified atom stereocenters. The molecule has 1 saturated carbocycles. The van der Waals surface area contributed by atoms with E-state index in [1.54, 1.807) is 30.3 Å². The largest absolute Gasteiger partial charge is 0.472 e. The first-order valence-corrected chi connectivity index (χ1v) is 22.3. The van der Waals surface area contributed by atoms with Gasteiger partial charge in [0.2, 0.25) is 5.91 Å². The van der Waals surface area contributed by atoms with Gasteiger partial charge in [0.05, 0.1) is 6.61 Å². The van der Waals surface area contributed by atoms with Crippen molar-refractivity contribution in [1.29, 1.82) is 0 Å². The summed E-state index contributed by atoms with van der Waals surface area (Å²) in [6.07, 6.45) is -11.9. The van der Waals surface area contributed by atoms with E-state index in [9.17, 15) is 58.1 Å². The number of phosphoric acid groups is 3. The van der Waals surface area contributed by atoms with Crippen LogP contribution in [0.2, 0.25) is 0 Å². The molecule has 0 radical (unpaired) electrons. The third kappa shape index (κ3) is 16.3. The van der Waals surface area contributed by atoms with Crippen LogP contribution in [0.15, 0.2) is 59.7 Å². The molecule has 0 bridgehead atoms. The van der Waals surface area contributed by atoms with Gasteiger partial charge < -0.3 is 50.4 Å². The first kappa shape index (κ1) is 48.9. The number of azide groups is 1. The Morgan fingerprint density at radius 3 is 1.86 bits per heavy atom. The number of aliphatic hydroxyl groups is 3. The maximum atomic E-state index is 13.1. The zero-order chi connectivity index (χ0) is 43.1. The average Bonchev–Trinajstić information content (AvgIpc) is 3.16. The lowest BCUT2D eigenvalue weighted by Crippen LogP contribution is -2.65. The summed E-state index contributed by atoms with van der Waals surface area (Å²) in [6, 6.07) is 13.6. The molecule has 0 saturated heterocycles.